The second kappa shape index (κ2) is 4.31. The number of nitrogens with zero attached hydrogens (tertiary/aromatic N) is 1. The van der Waals surface area contributed by atoms with Crippen LogP contribution in [0.3, 0.4) is 0 Å². The van der Waals surface area contributed by atoms with E-state index in [2.05, 4.69) is 32.7 Å². The summed E-state index contributed by atoms with van der Waals surface area (Å²) in [6.45, 7) is 9.60. The lowest BCUT2D eigenvalue weighted by Gasteiger charge is -2.30. The maximum atomic E-state index is 11.0. The Balaban J connectivity index is 3.00. The van der Waals surface area contributed by atoms with E-state index < -0.39 is 0 Å². The SMILES string of the molecule is CC(C)C(C)(C)Cn1ccc(=O)[nH]c1=S. The van der Waals surface area contributed by atoms with E-state index in [1.807, 2.05) is 4.57 Å². The summed E-state index contributed by atoms with van der Waals surface area (Å²) in [6, 6.07) is 1.51. The molecule has 0 aliphatic carbocycles. The van der Waals surface area contributed by atoms with Crippen molar-refractivity contribution in [3.63, 3.8) is 0 Å². The lowest BCUT2D eigenvalue weighted by Crippen LogP contribution is -2.27. The minimum Gasteiger partial charge on any atom is -0.325 e. The Morgan fingerprint density at radius 1 is 1.53 bits per heavy atom. The second-order valence-corrected chi connectivity index (χ2v) is 5.27. The molecule has 15 heavy (non-hydrogen) atoms. The van der Waals surface area contributed by atoms with E-state index >= 15 is 0 Å². The smallest absolute Gasteiger partial charge is 0.251 e. The van der Waals surface area contributed by atoms with Gasteiger partial charge in [0.15, 0.2) is 4.77 Å². The summed E-state index contributed by atoms with van der Waals surface area (Å²) in [6.07, 6.45) is 1.76. The molecule has 0 saturated heterocycles. The summed E-state index contributed by atoms with van der Waals surface area (Å²) in [5, 5.41) is 0. The lowest BCUT2D eigenvalue weighted by atomic mass is 9.81. The van der Waals surface area contributed by atoms with E-state index in [0.717, 1.165) is 6.54 Å². The van der Waals surface area contributed by atoms with Crippen LogP contribution in [0.15, 0.2) is 17.1 Å². The molecule has 0 amide bonds. The molecule has 0 aliphatic heterocycles. The van der Waals surface area contributed by atoms with Crippen molar-refractivity contribution >= 4 is 12.2 Å². The van der Waals surface area contributed by atoms with Gasteiger partial charge in [-0.1, -0.05) is 27.7 Å². The van der Waals surface area contributed by atoms with E-state index in [1.165, 1.54) is 6.07 Å². The van der Waals surface area contributed by atoms with Crippen LogP contribution in [0.5, 0.6) is 0 Å². The first-order valence-corrected chi connectivity index (χ1v) is 5.53. The third-order valence-corrected chi connectivity index (χ3v) is 3.37. The van der Waals surface area contributed by atoms with Gasteiger partial charge in [0, 0.05) is 18.8 Å². The van der Waals surface area contributed by atoms with Crippen LogP contribution in [-0.4, -0.2) is 9.55 Å². The van der Waals surface area contributed by atoms with Gasteiger partial charge in [-0.2, -0.15) is 0 Å². The summed E-state index contributed by atoms with van der Waals surface area (Å²) >= 11 is 5.10. The molecule has 0 atom stereocenters. The minimum absolute atomic E-state index is 0.140. The number of nitrogens with one attached hydrogen (secondary N) is 1. The first-order chi connectivity index (χ1) is 6.83. The Kier molecular flexibility index (Phi) is 3.50. The maximum absolute atomic E-state index is 11.0. The van der Waals surface area contributed by atoms with Gasteiger partial charge in [0.05, 0.1) is 0 Å². The summed E-state index contributed by atoms with van der Waals surface area (Å²) in [4.78, 5) is 13.6. The largest absolute Gasteiger partial charge is 0.325 e. The van der Waals surface area contributed by atoms with Crippen LogP contribution in [0.1, 0.15) is 27.7 Å². The van der Waals surface area contributed by atoms with Crippen LogP contribution in [0.25, 0.3) is 0 Å². The lowest BCUT2D eigenvalue weighted by molar-refractivity contribution is 0.207. The Bertz CT molecular complexity index is 442. The van der Waals surface area contributed by atoms with Gasteiger partial charge in [-0.3, -0.25) is 9.78 Å². The first-order valence-electron chi connectivity index (χ1n) is 5.13. The van der Waals surface area contributed by atoms with Crippen molar-refractivity contribution in [3.05, 3.63) is 27.4 Å². The van der Waals surface area contributed by atoms with Crippen molar-refractivity contribution in [1.82, 2.24) is 9.55 Å². The highest BCUT2D eigenvalue weighted by Gasteiger charge is 2.22. The Labute approximate surface area is 95.2 Å². The minimum atomic E-state index is -0.140. The van der Waals surface area contributed by atoms with E-state index in [4.69, 9.17) is 12.2 Å². The van der Waals surface area contributed by atoms with Crippen molar-refractivity contribution < 1.29 is 0 Å². The predicted octanol–water partition coefficient (Wildman–Crippen LogP) is 2.59. The molecular weight excluding hydrogens is 208 g/mol. The molecule has 4 heteroatoms. The zero-order valence-corrected chi connectivity index (χ0v) is 10.5. The zero-order chi connectivity index (χ0) is 11.6. The number of hydrogen-bond acceptors (Lipinski definition) is 2. The van der Waals surface area contributed by atoms with Crippen LogP contribution in [0.4, 0.5) is 0 Å². The van der Waals surface area contributed by atoms with Gasteiger partial charge < -0.3 is 4.57 Å². The molecule has 0 bridgehead atoms. The molecule has 0 aliphatic rings. The van der Waals surface area contributed by atoms with Crippen molar-refractivity contribution in [3.8, 4) is 0 Å². The number of aromatic amines is 1. The van der Waals surface area contributed by atoms with Gasteiger partial charge >= 0.3 is 0 Å². The molecule has 0 saturated carbocycles. The topological polar surface area (TPSA) is 37.8 Å². The molecule has 0 fully saturated rings. The number of rotatable bonds is 3. The van der Waals surface area contributed by atoms with E-state index in [9.17, 15) is 4.79 Å². The summed E-state index contributed by atoms with van der Waals surface area (Å²) < 4.78 is 2.41. The van der Waals surface area contributed by atoms with Gasteiger partial charge in [-0.05, 0) is 23.6 Å². The van der Waals surface area contributed by atoms with Crippen molar-refractivity contribution in [1.29, 1.82) is 0 Å². The highest BCUT2D eigenvalue weighted by molar-refractivity contribution is 7.71. The molecule has 1 aromatic rings. The Morgan fingerprint density at radius 2 is 2.13 bits per heavy atom. The summed E-state index contributed by atoms with van der Waals surface area (Å²) in [5.74, 6) is 0.561. The van der Waals surface area contributed by atoms with Crippen molar-refractivity contribution in [2.24, 2.45) is 11.3 Å². The standard InChI is InChI=1S/C11H18N2OS/c1-8(2)11(3,4)7-13-6-5-9(14)12-10(13)15/h5-6,8H,7H2,1-4H3,(H,12,14,15). The van der Waals surface area contributed by atoms with E-state index in [1.54, 1.807) is 6.20 Å². The summed E-state index contributed by atoms with van der Waals surface area (Å²) in [5.41, 5.74) is 0.0230. The second-order valence-electron chi connectivity index (χ2n) is 4.88. The average molecular weight is 226 g/mol. The third kappa shape index (κ3) is 3.02. The van der Waals surface area contributed by atoms with Crippen LogP contribution in [0, 0.1) is 16.1 Å². The normalized spacial score (nSPS) is 12.1. The fraction of sp³-hybridized carbons (Fsp3) is 0.636. The van der Waals surface area contributed by atoms with Crippen LogP contribution in [0.2, 0.25) is 0 Å². The monoisotopic (exact) mass is 226 g/mol. The molecule has 0 spiro atoms. The first kappa shape index (κ1) is 12.2. The van der Waals surface area contributed by atoms with Gasteiger partial charge in [0.1, 0.15) is 0 Å². The predicted molar refractivity (Wildman–Crippen MR) is 64.5 cm³/mol. The quantitative estimate of drug-likeness (QED) is 0.804. The number of hydrogen-bond donors (Lipinski definition) is 1. The zero-order valence-electron chi connectivity index (χ0n) is 9.70. The number of aromatic nitrogens is 2. The van der Waals surface area contributed by atoms with E-state index in [-0.39, 0.29) is 11.0 Å². The molecule has 1 aromatic heterocycles. The van der Waals surface area contributed by atoms with Gasteiger partial charge in [-0.25, -0.2) is 0 Å². The Morgan fingerprint density at radius 3 is 2.60 bits per heavy atom. The molecule has 1 heterocycles. The summed E-state index contributed by atoms with van der Waals surface area (Å²) in [7, 11) is 0. The van der Waals surface area contributed by atoms with Crippen LogP contribution in [-0.2, 0) is 6.54 Å². The average Bonchev–Trinajstić information content (AvgIpc) is 2.09. The maximum Gasteiger partial charge on any atom is 0.251 e. The van der Waals surface area contributed by atoms with Gasteiger partial charge in [0.25, 0.3) is 5.56 Å². The van der Waals surface area contributed by atoms with E-state index in [0.29, 0.717) is 10.7 Å². The van der Waals surface area contributed by atoms with Crippen molar-refractivity contribution in [2.45, 2.75) is 34.2 Å². The molecule has 3 nitrogen and oxygen atoms in total. The molecule has 1 rings (SSSR count). The molecule has 0 unspecified atom stereocenters. The van der Waals surface area contributed by atoms with Crippen LogP contribution < -0.4 is 5.56 Å². The molecule has 1 N–H and O–H groups in total. The van der Waals surface area contributed by atoms with Gasteiger partial charge in [0.2, 0.25) is 0 Å². The molecular formula is C11H18N2OS. The van der Waals surface area contributed by atoms with Crippen LogP contribution >= 0.6 is 12.2 Å². The number of H-pyrrole nitrogens is 1. The highest BCUT2D eigenvalue weighted by Crippen LogP contribution is 2.27. The highest BCUT2D eigenvalue weighted by atomic mass is 32.1. The molecule has 0 aromatic carbocycles. The molecule has 84 valence electrons. The Hall–Kier alpha value is -0.900. The molecule has 0 radical (unpaired) electrons. The third-order valence-electron chi connectivity index (χ3n) is 3.04. The fourth-order valence-electron chi connectivity index (χ4n) is 1.19. The fourth-order valence-corrected chi connectivity index (χ4v) is 1.42. The van der Waals surface area contributed by atoms with Gasteiger partial charge in [-0.15, -0.1) is 0 Å². The van der Waals surface area contributed by atoms with Crippen molar-refractivity contribution in [2.75, 3.05) is 0 Å².